The molecule has 0 bridgehead atoms. The summed E-state index contributed by atoms with van der Waals surface area (Å²) < 4.78 is 11.6. The topological polar surface area (TPSA) is 58.9 Å². The maximum atomic E-state index is 10.3. The molecular weight excluding hydrogens is 208 g/mol. The van der Waals surface area contributed by atoms with Gasteiger partial charge < -0.3 is 19.7 Å². The largest absolute Gasteiger partial charge is 0.396 e. The van der Waals surface area contributed by atoms with Crippen molar-refractivity contribution in [2.24, 2.45) is 0 Å². The molecule has 4 heteroatoms. The van der Waals surface area contributed by atoms with Crippen LogP contribution in [0.1, 0.15) is 39.0 Å². The van der Waals surface area contributed by atoms with Crippen molar-refractivity contribution in [3.8, 4) is 0 Å². The fourth-order valence-corrected chi connectivity index (χ4v) is 2.69. The normalized spacial score (nSPS) is 44.8. The Morgan fingerprint density at radius 1 is 1.31 bits per heavy atom. The highest BCUT2D eigenvalue weighted by Crippen LogP contribution is 2.33. The van der Waals surface area contributed by atoms with Crippen LogP contribution in [-0.4, -0.2) is 47.3 Å². The molecule has 16 heavy (non-hydrogen) atoms. The van der Waals surface area contributed by atoms with Crippen molar-refractivity contribution in [2.75, 3.05) is 13.2 Å². The first kappa shape index (κ1) is 12.3. The molecule has 0 aromatic rings. The molecule has 0 unspecified atom stereocenters. The summed E-state index contributed by atoms with van der Waals surface area (Å²) in [6.07, 6.45) is 4.00. The molecule has 94 valence electrons. The fraction of sp³-hybridized carbons (Fsp3) is 1.00. The van der Waals surface area contributed by atoms with E-state index in [1.807, 2.05) is 0 Å². The van der Waals surface area contributed by atoms with Gasteiger partial charge >= 0.3 is 0 Å². The van der Waals surface area contributed by atoms with Gasteiger partial charge in [0, 0.05) is 13.2 Å². The van der Waals surface area contributed by atoms with Crippen LogP contribution in [0.5, 0.6) is 0 Å². The minimum atomic E-state index is -0.844. The average Bonchev–Trinajstić information content (AvgIpc) is 2.38. The van der Waals surface area contributed by atoms with E-state index < -0.39 is 5.60 Å². The highest BCUT2D eigenvalue weighted by molar-refractivity contribution is 4.91. The Hall–Kier alpha value is -0.160. The van der Waals surface area contributed by atoms with Gasteiger partial charge in [-0.25, -0.2) is 0 Å². The summed E-state index contributed by atoms with van der Waals surface area (Å²) in [6, 6.07) is 0. The summed E-state index contributed by atoms with van der Waals surface area (Å²) in [4.78, 5) is 0. The van der Waals surface area contributed by atoms with Gasteiger partial charge in [-0.1, -0.05) is 0 Å². The third-order valence-corrected chi connectivity index (χ3v) is 3.74. The van der Waals surface area contributed by atoms with Crippen LogP contribution in [0.4, 0.5) is 0 Å². The number of hydrogen-bond donors (Lipinski definition) is 2. The number of rotatable bonds is 2. The Bertz CT molecular complexity index is 229. The summed E-state index contributed by atoms with van der Waals surface area (Å²) in [5.74, 6) is 0. The number of ether oxygens (including phenoxy) is 2. The van der Waals surface area contributed by atoms with Gasteiger partial charge in [-0.2, -0.15) is 0 Å². The van der Waals surface area contributed by atoms with Crippen LogP contribution < -0.4 is 0 Å². The van der Waals surface area contributed by atoms with Crippen molar-refractivity contribution in [2.45, 2.75) is 62.9 Å². The van der Waals surface area contributed by atoms with Crippen molar-refractivity contribution >= 4 is 0 Å². The van der Waals surface area contributed by atoms with Gasteiger partial charge in [-0.3, -0.25) is 0 Å². The molecule has 2 rings (SSSR count). The predicted molar refractivity (Wildman–Crippen MR) is 59.2 cm³/mol. The van der Waals surface area contributed by atoms with Crippen LogP contribution in [0.2, 0.25) is 0 Å². The third-order valence-electron chi connectivity index (χ3n) is 3.74. The molecule has 2 aliphatic rings. The molecule has 0 radical (unpaired) electrons. The van der Waals surface area contributed by atoms with E-state index in [0.29, 0.717) is 12.8 Å². The zero-order valence-corrected chi connectivity index (χ0v) is 9.89. The van der Waals surface area contributed by atoms with Crippen LogP contribution in [0, 0.1) is 0 Å². The second kappa shape index (κ2) is 5.00. The Kier molecular flexibility index (Phi) is 3.85. The lowest BCUT2D eigenvalue weighted by atomic mass is 9.91. The predicted octanol–water partition coefficient (Wildman–Crippen LogP) is 0.846. The molecule has 0 spiro atoms. The Balaban J connectivity index is 2.06. The lowest BCUT2D eigenvalue weighted by Crippen LogP contribution is -2.43. The van der Waals surface area contributed by atoms with Crippen molar-refractivity contribution in [1.82, 2.24) is 0 Å². The molecule has 4 atom stereocenters. The van der Waals surface area contributed by atoms with Crippen LogP contribution in [0.3, 0.4) is 0 Å². The van der Waals surface area contributed by atoms with Crippen LogP contribution in [-0.2, 0) is 9.47 Å². The van der Waals surface area contributed by atoms with Gasteiger partial charge in [0.1, 0.15) is 0 Å². The standard InChI is InChI=1S/C12H22O4/c1-12(14)6-4-9-10(3-2-8-15-9)16-11(12)5-7-13/h9-11,13-14H,2-8H2,1H3/t9-,10+,11+,12-/m1/s1. The summed E-state index contributed by atoms with van der Waals surface area (Å²) in [6.45, 7) is 2.65. The zero-order valence-electron chi connectivity index (χ0n) is 9.89. The Labute approximate surface area is 96.6 Å². The summed E-state index contributed by atoms with van der Waals surface area (Å²) >= 11 is 0. The highest BCUT2D eigenvalue weighted by Gasteiger charge is 2.41. The molecule has 0 aromatic heterocycles. The summed E-state index contributed by atoms with van der Waals surface area (Å²) in [7, 11) is 0. The second-order valence-corrected chi connectivity index (χ2v) is 5.12. The molecule has 2 heterocycles. The molecule has 2 fully saturated rings. The first-order chi connectivity index (χ1) is 7.63. The monoisotopic (exact) mass is 230 g/mol. The molecule has 0 saturated carbocycles. The Morgan fingerprint density at radius 3 is 2.88 bits per heavy atom. The van der Waals surface area contributed by atoms with Gasteiger partial charge in [0.05, 0.1) is 23.9 Å². The van der Waals surface area contributed by atoms with Gasteiger partial charge in [0.2, 0.25) is 0 Å². The number of aliphatic hydroxyl groups excluding tert-OH is 1. The molecular formula is C12H22O4. The quantitative estimate of drug-likeness (QED) is 0.738. The maximum Gasteiger partial charge on any atom is 0.0886 e. The minimum Gasteiger partial charge on any atom is -0.396 e. The molecule has 2 saturated heterocycles. The molecule has 0 amide bonds. The van der Waals surface area contributed by atoms with Gasteiger partial charge in [-0.05, 0) is 39.0 Å². The van der Waals surface area contributed by atoms with Crippen molar-refractivity contribution < 1.29 is 19.7 Å². The lowest BCUT2D eigenvalue weighted by molar-refractivity contribution is -0.157. The zero-order chi connectivity index (χ0) is 11.6. The summed E-state index contributed by atoms with van der Waals surface area (Å²) in [5, 5.41) is 19.3. The van der Waals surface area contributed by atoms with Crippen molar-refractivity contribution in [3.63, 3.8) is 0 Å². The van der Waals surface area contributed by atoms with E-state index in [1.54, 1.807) is 6.92 Å². The van der Waals surface area contributed by atoms with E-state index in [9.17, 15) is 5.11 Å². The molecule has 4 nitrogen and oxygen atoms in total. The average molecular weight is 230 g/mol. The van der Waals surface area contributed by atoms with E-state index >= 15 is 0 Å². The first-order valence-corrected chi connectivity index (χ1v) is 6.24. The van der Waals surface area contributed by atoms with Gasteiger partial charge in [0.25, 0.3) is 0 Å². The maximum absolute atomic E-state index is 10.3. The molecule has 0 aromatic carbocycles. The van der Waals surface area contributed by atoms with E-state index in [0.717, 1.165) is 25.9 Å². The fourth-order valence-electron chi connectivity index (χ4n) is 2.69. The third kappa shape index (κ3) is 2.56. The lowest BCUT2D eigenvalue weighted by Gasteiger charge is -2.34. The van der Waals surface area contributed by atoms with Crippen LogP contribution in [0.15, 0.2) is 0 Å². The number of aliphatic hydroxyl groups is 2. The molecule has 0 aliphatic carbocycles. The van der Waals surface area contributed by atoms with Crippen LogP contribution in [0.25, 0.3) is 0 Å². The first-order valence-electron chi connectivity index (χ1n) is 6.24. The minimum absolute atomic E-state index is 0.0546. The van der Waals surface area contributed by atoms with E-state index in [1.165, 1.54) is 0 Å². The van der Waals surface area contributed by atoms with E-state index in [2.05, 4.69) is 0 Å². The highest BCUT2D eigenvalue weighted by atomic mass is 16.6. The molecule has 2 aliphatic heterocycles. The van der Waals surface area contributed by atoms with Gasteiger partial charge in [0.15, 0.2) is 0 Å². The van der Waals surface area contributed by atoms with E-state index in [-0.39, 0.29) is 24.9 Å². The summed E-state index contributed by atoms with van der Waals surface area (Å²) in [5.41, 5.74) is -0.844. The van der Waals surface area contributed by atoms with Gasteiger partial charge in [-0.15, -0.1) is 0 Å². The Morgan fingerprint density at radius 2 is 2.12 bits per heavy atom. The van der Waals surface area contributed by atoms with Crippen molar-refractivity contribution in [3.05, 3.63) is 0 Å². The SMILES string of the molecule is C[C@@]1(O)CC[C@H]2OCCC[C@@H]2O[C@H]1CCO. The van der Waals surface area contributed by atoms with Crippen LogP contribution >= 0.6 is 0 Å². The van der Waals surface area contributed by atoms with E-state index in [4.69, 9.17) is 14.6 Å². The smallest absolute Gasteiger partial charge is 0.0886 e. The number of hydrogen-bond acceptors (Lipinski definition) is 4. The molecule has 2 N–H and O–H groups in total. The second-order valence-electron chi connectivity index (χ2n) is 5.12. The number of fused-ring (bicyclic) bond motifs is 1. The van der Waals surface area contributed by atoms with Crippen molar-refractivity contribution in [1.29, 1.82) is 0 Å².